The zero-order chi connectivity index (χ0) is 16.3. The molecule has 2 aliphatic heterocycles. The zero-order valence-electron chi connectivity index (χ0n) is 14.1. The second-order valence-electron chi connectivity index (χ2n) is 7.80. The lowest BCUT2D eigenvalue weighted by molar-refractivity contribution is 0.00578. The molecule has 116 valence electrons. The summed E-state index contributed by atoms with van der Waals surface area (Å²) in [6, 6.07) is 6.10. The lowest BCUT2D eigenvalue weighted by Gasteiger charge is -2.32. The quantitative estimate of drug-likeness (QED) is 0.748. The van der Waals surface area contributed by atoms with Crippen LogP contribution >= 0.6 is 0 Å². The molecule has 0 amide bonds. The van der Waals surface area contributed by atoms with Gasteiger partial charge in [-0.2, -0.15) is 5.26 Å². The molecule has 1 aromatic carbocycles. The summed E-state index contributed by atoms with van der Waals surface area (Å²) in [5, 5.41) is 9.43. The van der Waals surface area contributed by atoms with Crippen molar-refractivity contribution in [2.24, 2.45) is 0 Å². The zero-order valence-corrected chi connectivity index (χ0v) is 14.1. The van der Waals surface area contributed by atoms with Crippen LogP contribution in [0.3, 0.4) is 0 Å². The van der Waals surface area contributed by atoms with E-state index in [2.05, 4.69) is 6.07 Å². The van der Waals surface area contributed by atoms with Gasteiger partial charge in [0.15, 0.2) is 0 Å². The van der Waals surface area contributed by atoms with Gasteiger partial charge in [-0.1, -0.05) is 6.07 Å². The van der Waals surface area contributed by atoms with Crippen molar-refractivity contribution >= 4 is 12.6 Å². The van der Waals surface area contributed by atoms with E-state index in [4.69, 9.17) is 14.0 Å². The third-order valence-corrected chi connectivity index (χ3v) is 4.83. The number of fused-ring (bicyclic) bond motifs is 1. The van der Waals surface area contributed by atoms with Crippen LogP contribution in [0.25, 0.3) is 0 Å². The molecular formula is C17H22BNO3. The Morgan fingerprint density at radius 2 is 1.64 bits per heavy atom. The largest absolute Gasteiger partial charge is 0.494 e. The summed E-state index contributed by atoms with van der Waals surface area (Å²) in [4.78, 5) is 0. The molecule has 0 atom stereocenters. The maximum Gasteiger partial charge on any atom is 0.494 e. The number of nitriles is 1. The summed E-state index contributed by atoms with van der Waals surface area (Å²) in [5.74, 6) is 0.702. The van der Waals surface area contributed by atoms with E-state index in [1.54, 1.807) is 0 Å². The molecule has 1 fully saturated rings. The van der Waals surface area contributed by atoms with Crippen LogP contribution in [-0.2, 0) is 15.7 Å². The molecule has 1 aromatic rings. The van der Waals surface area contributed by atoms with E-state index >= 15 is 0 Å². The number of nitrogens with zero attached hydrogens (tertiary/aromatic N) is 1. The minimum absolute atomic E-state index is 0.275. The lowest BCUT2D eigenvalue weighted by atomic mass is 9.77. The van der Waals surface area contributed by atoms with E-state index in [0.717, 1.165) is 17.4 Å². The first-order chi connectivity index (χ1) is 10.0. The maximum absolute atomic E-state index is 9.43. The highest BCUT2D eigenvalue weighted by molar-refractivity contribution is 6.62. The van der Waals surface area contributed by atoms with Gasteiger partial charge in [0.2, 0.25) is 0 Å². The molecule has 5 heteroatoms. The van der Waals surface area contributed by atoms with Gasteiger partial charge in [0.25, 0.3) is 0 Å². The summed E-state index contributed by atoms with van der Waals surface area (Å²) < 4.78 is 18.1. The van der Waals surface area contributed by atoms with Crippen LogP contribution in [-0.4, -0.2) is 23.9 Å². The molecule has 0 N–H and O–H groups in total. The normalized spacial score (nSPS) is 23.8. The molecule has 0 radical (unpaired) electrons. The molecule has 1 saturated heterocycles. The Bertz CT molecular complexity index is 657. The van der Waals surface area contributed by atoms with Crippen LogP contribution in [0.4, 0.5) is 0 Å². The molecule has 22 heavy (non-hydrogen) atoms. The number of hydrogen-bond acceptors (Lipinski definition) is 4. The second kappa shape index (κ2) is 4.50. The molecule has 0 spiro atoms. The molecule has 0 saturated carbocycles. The van der Waals surface area contributed by atoms with E-state index in [9.17, 15) is 5.26 Å². The molecule has 0 aliphatic carbocycles. The Kier molecular flexibility index (Phi) is 3.15. The first-order valence-electron chi connectivity index (χ1n) is 7.66. The molecule has 0 unspecified atom stereocenters. The summed E-state index contributed by atoms with van der Waals surface area (Å²) in [6.45, 7) is 12.2. The average Bonchev–Trinajstić information content (AvgIpc) is 2.79. The van der Waals surface area contributed by atoms with Crippen molar-refractivity contribution < 1.29 is 14.0 Å². The van der Waals surface area contributed by atoms with Crippen LogP contribution in [0, 0.1) is 11.3 Å². The fourth-order valence-corrected chi connectivity index (χ4v) is 2.93. The standard InChI is InChI=1S/C17H22BNO3/c1-15(2)9-11-7-13(8-12(10-19)14(11)20-15)18-21-16(3,4)17(5,6)22-18/h7-8H,9H2,1-6H3. The van der Waals surface area contributed by atoms with E-state index in [1.807, 2.05) is 53.7 Å². The Morgan fingerprint density at radius 3 is 2.18 bits per heavy atom. The van der Waals surface area contributed by atoms with Crippen LogP contribution in [0.15, 0.2) is 12.1 Å². The van der Waals surface area contributed by atoms with Crippen molar-refractivity contribution in [2.75, 3.05) is 0 Å². The highest BCUT2D eigenvalue weighted by Crippen LogP contribution is 2.39. The molecule has 3 rings (SSSR count). The van der Waals surface area contributed by atoms with Gasteiger partial charge in [0.1, 0.15) is 17.4 Å². The van der Waals surface area contributed by atoms with Crippen molar-refractivity contribution in [1.82, 2.24) is 0 Å². The third kappa shape index (κ3) is 2.31. The Hall–Kier alpha value is -1.51. The Morgan fingerprint density at radius 1 is 1.05 bits per heavy atom. The molecule has 2 heterocycles. The van der Waals surface area contributed by atoms with Gasteiger partial charge in [-0.15, -0.1) is 0 Å². The first-order valence-corrected chi connectivity index (χ1v) is 7.66. The van der Waals surface area contributed by atoms with Gasteiger partial charge in [-0.25, -0.2) is 0 Å². The molecular weight excluding hydrogens is 277 g/mol. The van der Waals surface area contributed by atoms with Gasteiger partial charge in [-0.3, -0.25) is 0 Å². The van der Waals surface area contributed by atoms with Gasteiger partial charge in [0.05, 0.1) is 16.8 Å². The van der Waals surface area contributed by atoms with E-state index in [1.165, 1.54) is 0 Å². The first kappa shape index (κ1) is 15.4. The number of ether oxygens (including phenoxy) is 1. The number of benzene rings is 1. The summed E-state index contributed by atoms with van der Waals surface area (Å²) >= 11 is 0. The number of rotatable bonds is 1. The monoisotopic (exact) mass is 299 g/mol. The second-order valence-corrected chi connectivity index (χ2v) is 7.80. The topological polar surface area (TPSA) is 51.5 Å². The SMILES string of the molecule is CC1(C)Cc2cc(B3OC(C)(C)C(C)(C)O3)cc(C#N)c2O1. The third-order valence-electron chi connectivity index (χ3n) is 4.83. The fraction of sp³-hybridized carbons (Fsp3) is 0.588. The van der Waals surface area contributed by atoms with Gasteiger partial charge < -0.3 is 14.0 Å². The van der Waals surface area contributed by atoms with Crippen molar-refractivity contribution in [3.8, 4) is 11.8 Å². The van der Waals surface area contributed by atoms with Crippen LogP contribution < -0.4 is 10.2 Å². The predicted molar refractivity (Wildman–Crippen MR) is 85.3 cm³/mol. The maximum atomic E-state index is 9.43. The minimum atomic E-state index is -0.453. The lowest BCUT2D eigenvalue weighted by Crippen LogP contribution is -2.41. The van der Waals surface area contributed by atoms with Gasteiger partial charge in [0, 0.05) is 6.42 Å². The smallest absolute Gasteiger partial charge is 0.486 e. The highest BCUT2D eigenvalue weighted by atomic mass is 16.7. The van der Waals surface area contributed by atoms with Crippen LogP contribution in [0.1, 0.15) is 52.7 Å². The van der Waals surface area contributed by atoms with Crippen molar-refractivity contribution in [3.05, 3.63) is 23.3 Å². The average molecular weight is 299 g/mol. The van der Waals surface area contributed by atoms with Crippen molar-refractivity contribution in [2.45, 2.75) is 64.8 Å². The predicted octanol–water partition coefficient (Wildman–Crippen LogP) is 2.57. The van der Waals surface area contributed by atoms with Gasteiger partial charge in [-0.05, 0) is 58.6 Å². The Labute approximate surface area is 132 Å². The molecule has 4 nitrogen and oxygen atoms in total. The van der Waals surface area contributed by atoms with E-state index in [-0.39, 0.29) is 16.8 Å². The summed E-state index contributed by atoms with van der Waals surface area (Å²) in [7, 11) is -0.453. The Balaban J connectivity index is 2.00. The number of hydrogen-bond donors (Lipinski definition) is 0. The van der Waals surface area contributed by atoms with Crippen molar-refractivity contribution in [3.63, 3.8) is 0 Å². The highest BCUT2D eigenvalue weighted by Gasteiger charge is 2.52. The molecule has 0 aromatic heterocycles. The summed E-state index contributed by atoms with van der Waals surface area (Å²) in [5.41, 5.74) is 1.43. The molecule has 0 bridgehead atoms. The van der Waals surface area contributed by atoms with Crippen LogP contribution in [0.5, 0.6) is 5.75 Å². The van der Waals surface area contributed by atoms with Crippen molar-refractivity contribution in [1.29, 1.82) is 5.26 Å². The fourth-order valence-electron chi connectivity index (χ4n) is 2.93. The van der Waals surface area contributed by atoms with E-state index < -0.39 is 7.12 Å². The summed E-state index contributed by atoms with van der Waals surface area (Å²) in [6.07, 6.45) is 0.782. The van der Waals surface area contributed by atoms with E-state index in [0.29, 0.717) is 11.3 Å². The molecule has 2 aliphatic rings. The van der Waals surface area contributed by atoms with Gasteiger partial charge >= 0.3 is 7.12 Å². The minimum Gasteiger partial charge on any atom is -0.486 e. The van der Waals surface area contributed by atoms with Crippen LogP contribution in [0.2, 0.25) is 0 Å².